The molecule has 35 heavy (non-hydrogen) atoms. The molecule has 1 amide bonds. The van der Waals surface area contributed by atoms with Gasteiger partial charge in [-0.15, -0.1) is 10.2 Å². The average molecular weight is 476 g/mol. The number of aromatic amines is 1. The summed E-state index contributed by atoms with van der Waals surface area (Å²) in [4.78, 5) is 14.9. The first kappa shape index (κ1) is 22.4. The molecule has 0 atom stereocenters. The Bertz CT molecular complexity index is 1280. The molecule has 1 aromatic carbocycles. The summed E-state index contributed by atoms with van der Waals surface area (Å²) >= 11 is 0. The number of methoxy groups -OCH3 is 2. The molecule has 1 aliphatic rings. The molecule has 3 aromatic heterocycles. The van der Waals surface area contributed by atoms with Gasteiger partial charge in [0.25, 0.3) is 5.91 Å². The Morgan fingerprint density at radius 1 is 1.06 bits per heavy atom. The molecule has 1 aliphatic heterocycles. The van der Waals surface area contributed by atoms with Crippen molar-refractivity contribution in [3.63, 3.8) is 0 Å². The number of aromatic nitrogens is 6. The largest absolute Gasteiger partial charge is 0.497 e. The summed E-state index contributed by atoms with van der Waals surface area (Å²) in [7, 11) is 3.19. The number of hydrogen-bond donors (Lipinski definition) is 1. The van der Waals surface area contributed by atoms with Gasteiger partial charge in [-0.3, -0.25) is 9.89 Å². The summed E-state index contributed by atoms with van der Waals surface area (Å²) in [6.07, 6.45) is 4.83. The Labute approximate surface area is 201 Å². The first-order valence-corrected chi connectivity index (χ1v) is 11.2. The lowest BCUT2D eigenvalue weighted by Gasteiger charge is -2.31. The third-order valence-electron chi connectivity index (χ3n) is 5.87. The number of piperidine rings is 1. The third kappa shape index (κ3) is 4.79. The number of carbonyl (C=O) groups excluding carboxylic acids is 1. The van der Waals surface area contributed by atoms with E-state index >= 15 is 0 Å². The molecule has 0 radical (unpaired) electrons. The smallest absolute Gasteiger partial charge is 0.271 e. The van der Waals surface area contributed by atoms with Crippen molar-refractivity contribution < 1.29 is 19.0 Å². The van der Waals surface area contributed by atoms with Crippen LogP contribution in [0.1, 0.15) is 23.3 Å². The standard InChI is InChI=1S/C24H25N7O4/c1-33-17-4-5-21(34-2)18(14-17)19-15-20(27-26-19)24(32)30-12-8-16(9-13-30)35-23-7-6-22(28-29-23)31-11-3-10-25-31/h3-7,10-11,14-16H,8-9,12-13H2,1-2H3,(H,26,27). The molecule has 5 rings (SSSR count). The van der Waals surface area contributed by atoms with E-state index < -0.39 is 0 Å². The van der Waals surface area contributed by atoms with Crippen molar-refractivity contribution in [3.05, 3.63) is 60.6 Å². The normalized spacial score (nSPS) is 14.1. The molecule has 180 valence electrons. The van der Waals surface area contributed by atoms with Gasteiger partial charge in [0.05, 0.1) is 19.9 Å². The number of H-pyrrole nitrogens is 1. The van der Waals surface area contributed by atoms with Crippen molar-refractivity contribution in [2.24, 2.45) is 0 Å². The summed E-state index contributed by atoms with van der Waals surface area (Å²) in [6, 6.07) is 12.6. The number of likely N-dealkylation sites (tertiary alicyclic amines) is 1. The Kier molecular flexibility index (Phi) is 6.29. The minimum absolute atomic E-state index is 0.0396. The zero-order valence-electron chi connectivity index (χ0n) is 19.4. The summed E-state index contributed by atoms with van der Waals surface area (Å²) in [5.74, 6) is 2.30. The van der Waals surface area contributed by atoms with E-state index in [2.05, 4.69) is 25.5 Å². The van der Waals surface area contributed by atoms with E-state index in [1.165, 1.54) is 0 Å². The predicted molar refractivity (Wildman–Crippen MR) is 126 cm³/mol. The van der Waals surface area contributed by atoms with Gasteiger partial charge in [0.2, 0.25) is 5.88 Å². The molecule has 11 nitrogen and oxygen atoms in total. The van der Waals surface area contributed by atoms with E-state index in [1.54, 1.807) is 54.4 Å². The van der Waals surface area contributed by atoms with Gasteiger partial charge in [-0.25, -0.2) is 4.68 Å². The minimum Gasteiger partial charge on any atom is -0.497 e. The molecule has 0 unspecified atom stereocenters. The molecule has 0 bridgehead atoms. The second-order valence-corrected chi connectivity index (χ2v) is 8.02. The Balaban J connectivity index is 1.19. The van der Waals surface area contributed by atoms with Gasteiger partial charge >= 0.3 is 0 Å². The number of benzene rings is 1. The van der Waals surface area contributed by atoms with Gasteiger partial charge in [0, 0.05) is 50.0 Å². The fourth-order valence-corrected chi connectivity index (χ4v) is 4.00. The monoisotopic (exact) mass is 475 g/mol. The Morgan fingerprint density at radius 3 is 2.60 bits per heavy atom. The summed E-state index contributed by atoms with van der Waals surface area (Å²) in [5.41, 5.74) is 1.78. The molecule has 0 saturated carbocycles. The van der Waals surface area contributed by atoms with Gasteiger partial charge in [-0.05, 0) is 36.4 Å². The van der Waals surface area contributed by atoms with Crippen LogP contribution in [-0.2, 0) is 0 Å². The molecular weight excluding hydrogens is 450 g/mol. The number of carbonyl (C=O) groups is 1. The maximum absolute atomic E-state index is 13.1. The van der Waals surface area contributed by atoms with Crippen LogP contribution in [0.4, 0.5) is 0 Å². The fraction of sp³-hybridized carbons (Fsp3) is 0.292. The van der Waals surface area contributed by atoms with E-state index in [1.807, 2.05) is 24.3 Å². The van der Waals surface area contributed by atoms with Gasteiger partial charge in [0.1, 0.15) is 23.3 Å². The Hall–Kier alpha value is -4.41. The SMILES string of the molecule is COc1ccc(OC)c(-c2cc(C(=O)N3CCC(Oc4ccc(-n5cccn5)nn4)CC3)[nH]n2)c1. The number of amides is 1. The van der Waals surface area contributed by atoms with Crippen LogP contribution in [0.25, 0.3) is 17.1 Å². The molecule has 1 N–H and O–H groups in total. The van der Waals surface area contributed by atoms with E-state index in [0.717, 1.165) is 5.56 Å². The van der Waals surface area contributed by atoms with Gasteiger partial charge < -0.3 is 19.1 Å². The van der Waals surface area contributed by atoms with Crippen LogP contribution in [0.5, 0.6) is 17.4 Å². The lowest BCUT2D eigenvalue weighted by atomic mass is 10.1. The first-order chi connectivity index (χ1) is 17.1. The van der Waals surface area contributed by atoms with Crippen molar-refractivity contribution in [2.45, 2.75) is 18.9 Å². The topological polar surface area (TPSA) is 120 Å². The molecule has 0 aliphatic carbocycles. The van der Waals surface area contributed by atoms with E-state index in [-0.39, 0.29) is 12.0 Å². The highest BCUT2D eigenvalue weighted by Crippen LogP contribution is 2.32. The number of rotatable bonds is 7. The van der Waals surface area contributed by atoms with Gasteiger partial charge in [0.15, 0.2) is 5.82 Å². The lowest BCUT2D eigenvalue weighted by molar-refractivity contribution is 0.0580. The van der Waals surface area contributed by atoms with Crippen LogP contribution < -0.4 is 14.2 Å². The molecule has 4 heterocycles. The van der Waals surface area contributed by atoms with E-state index in [0.29, 0.717) is 60.5 Å². The van der Waals surface area contributed by atoms with Crippen molar-refractivity contribution >= 4 is 5.91 Å². The van der Waals surface area contributed by atoms with Crippen LogP contribution in [0.15, 0.2) is 54.9 Å². The second-order valence-electron chi connectivity index (χ2n) is 8.02. The van der Waals surface area contributed by atoms with E-state index in [9.17, 15) is 4.79 Å². The maximum atomic E-state index is 13.1. The first-order valence-electron chi connectivity index (χ1n) is 11.2. The molecule has 4 aromatic rings. The lowest BCUT2D eigenvalue weighted by Crippen LogP contribution is -2.42. The van der Waals surface area contributed by atoms with Crippen molar-refractivity contribution in [1.29, 1.82) is 0 Å². The number of nitrogens with one attached hydrogen (secondary N) is 1. The highest BCUT2D eigenvalue weighted by molar-refractivity contribution is 5.93. The predicted octanol–water partition coefficient (Wildman–Crippen LogP) is 2.75. The van der Waals surface area contributed by atoms with Gasteiger partial charge in [-0.1, -0.05) is 0 Å². The van der Waals surface area contributed by atoms with Crippen LogP contribution >= 0.6 is 0 Å². The molecule has 0 spiro atoms. The zero-order chi connectivity index (χ0) is 24.2. The summed E-state index contributed by atoms with van der Waals surface area (Å²) in [5, 5.41) is 19.6. The molecule has 11 heteroatoms. The fourth-order valence-electron chi connectivity index (χ4n) is 4.00. The third-order valence-corrected chi connectivity index (χ3v) is 5.87. The van der Waals surface area contributed by atoms with Crippen molar-refractivity contribution in [1.82, 2.24) is 35.1 Å². The molecule has 1 saturated heterocycles. The number of nitrogens with zero attached hydrogens (tertiary/aromatic N) is 6. The average Bonchev–Trinajstić information content (AvgIpc) is 3.62. The number of hydrogen-bond acceptors (Lipinski definition) is 8. The van der Waals surface area contributed by atoms with Crippen LogP contribution in [-0.4, -0.2) is 74.4 Å². The Morgan fingerprint density at radius 2 is 1.91 bits per heavy atom. The van der Waals surface area contributed by atoms with Crippen molar-refractivity contribution in [2.75, 3.05) is 27.3 Å². The zero-order valence-corrected chi connectivity index (χ0v) is 19.4. The maximum Gasteiger partial charge on any atom is 0.271 e. The minimum atomic E-state index is -0.104. The van der Waals surface area contributed by atoms with Crippen LogP contribution in [0.3, 0.4) is 0 Å². The van der Waals surface area contributed by atoms with Crippen LogP contribution in [0, 0.1) is 0 Å². The summed E-state index contributed by atoms with van der Waals surface area (Å²) < 4.78 is 18.4. The highest BCUT2D eigenvalue weighted by Gasteiger charge is 2.26. The van der Waals surface area contributed by atoms with Crippen LogP contribution in [0.2, 0.25) is 0 Å². The number of ether oxygens (including phenoxy) is 3. The second kappa shape index (κ2) is 9.84. The van der Waals surface area contributed by atoms with Crippen molar-refractivity contribution in [3.8, 4) is 34.5 Å². The highest BCUT2D eigenvalue weighted by atomic mass is 16.5. The molecule has 1 fully saturated rings. The van der Waals surface area contributed by atoms with E-state index in [4.69, 9.17) is 14.2 Å². The molecular formula is C24H25N7O4. The quantitative estimate of drug-likeness (QED) is 0.433. The summed E-state index contributed by atoms with van der Waals surface area (Å²) in [6.45, 7) is 1.14. The van der Waals surface area contributed by atoms with Gasteiger partial charge in [-0.2, -0.15) is 10.2 Å².